The minimum absolute atomic E-state index is 0.739. The molecule has 1 N–H and O–H groups in total. The maximum atomic E-state index is 3.50. The van der Waals surface area contributed by atoms with E-state index in [1.54, 1.807) is 0 Å². The summed E-state index contributed by atoms with van der Waals surface area (Å²) < 4.78 is 0. The summed E-state index contributed by atoms with van der Waals surface area (Å²) in [4.78, 5) is 2.46. The second-order valence-corrected chi connectivity index (χ2v) is 5.32. The van der Waals surface area contributed by atoms with Crippen molar-refractivity contribution in [3.63, 3.8) is 0 Å². The average Bonchev–Trinajstić information content (AvgIpc) is 2.35. The summed E-state index contributed by atoms with van der Waals surface area (Å²) in [6.45, 7) is 13.4. The molecule has 18 heavy (non-hydrogen) atoms. The molecule has 0 heterocycles. The van der Waals surface area contributed by atoms with Crippen LogP contribution in [0, 0.1) is 12.8 Å². The number of aryl methyl sites for hydroxylation is 1. The summed E-state index contributed by atoms with van der Waals surface area (Å²) in [5.74, 6) is 0.739. The molecule has 0 spiro atoms. The van der Waals surface area contributed by atoms with Crippen molar-refractivity contribution < 1.29 is 0 Å². The van der Waals surface area contributed by atoms with Gasteiger partial charge in [0, 0.05) is 18.8 Å². The molecule has 0 atom stereocenters. The van der Waals surface area contributed by atoms with Gasteiger partial charge in [-0.2, -0.15) is 0 Å². The van der Waals surface area contributed by atoms with Crippen molar-refractivity contribution in [2.45, 2.75) is 34.1 Å². The second-order valence-electron chi connectivity index (χ2n) is 5.32. The molecular formula is C16H28N2. The summed E-state index contributed by atoms with van der Waals surface area (Å²) in [7, 11) is 0. The van der Waals surface area contributed by atoms with Crippen LogP contribution in [0.2, 0.25) is 0 Å². The van der Waals surface area contributed by atoms with Crippen molar-refractivity contribution >= 4 is 5.69 Å². The van der Waals surface area contributed by atoms with Crippen LogP contribution in [0.4, 0.5) is 5.69 Å². The van der Waals surface area contributed by atoms with E-state index in [-0.39, 0.29) is 0 Å². The Morgan fingerprint density at radius 3 is 2.56 bits per heavy atom. The maximum Gasteiger partial charge on any atom is 0.0395 e. The molecule has 0 aliphatic carbocycles. The fraction of sp³-hybridized carbons (Fsp3) is 0.625. The molecule has 102 valence electrons. The van der Waals surface area contributed by atoms with Gasteiger partial charge in [0.25, 0.3) is 0 Å². The van der Waals surface area contributed by atoms with Crippen LogP contribution in [0.5, 0.6) is 0 Å². The molecule has 2 heteroatoms. The second kappa shape index (κ2) is 8.15. The SMILES string of the molecule is CCN(CCCNCC(C)C)c1ccccc1C. The smallest absolute Gasteiger partial charge is 0.0395 e. The van der Waals surface area contributed by atoms with Gasteiger partial charge in [-0.3, -0.25) is 0 Å². The van der Waals surface area contributed by atoms with Gasteiger partial charge >= 0.3 is 0 Å². The molecule has 0 aliphatic rings. The Bertz CT molecular complexity index is 334. The Morgan fingerprint density at radius 1 is 1.22 bits per heavy atom. The Balaban J connectivity index is 2.36. The normalized spacial score (nSPS) is 10.9. The summed E-state index contributed by atoms with van der Waals surface area (Å²) in [6.07, 6.45) is 1.20. The Morgan fingerprint density at radius 2 is 1.94 bits per heavy atom. The fourth-order valence-electron chi connectivity index (χ4n) is 2.15. The third kappa shape index (κ3) is 5.09. The van der Waals surface area contributed by atoms with E-state index in [9.17, 15) is 0 Å². The molecule has 1 aromatic rings. The van der Waals surface area contributed by atoms with Crippen LogP contribution in [-0.4, -0.2) is 26.2 Å². The standard InChI is InChI=1S/C16H28N2/c1-5-18(12-8-11-17-13-14(2)3)16-10-7-6-9-15(16)4/h6-7,9-10,14,17H,5,8,11-13H2,1-4H3. The van der Waals surface area contributed by atoms with E-state index in [0.29, 0.717) is 0 Å². The van der Waals surface area contributed by atoms with Crippen LogP contribution < -0.4 is 10.2 Å². The molecule has 0 aromatic heterocycles. The lowest BCUT2D eigenvalue weighted by atomic mass is 10.1. The molecule has 0 saturated heterocycles. The van der Waals surface area contributed by atoms with E-state index in [0.717, 1.165) is 32.1 Å². The molecule has 0 unspecified atom stereocenters. The Hall–Kier alpha value is -1.02. The molecule has 0 radical (unpaired) electrons. The summed E-state index contributed by atoms with van der Waals surface area (Å²) in [5, 5.41) is 3.50. The Labute approximate surface area is 112 Å². The minimum Gasteiger partial charge on any atom is -0.372 e. The van der Waals surface area contributed by atoms with Gasteiger partial charge in [0.05, 0.1) is 0 Å². The molecule has 0 bridgehead atoms. The molecule has 0 aliphatic heterocycles. The van der Waals surface area contributed by atoms with Gasteiger partial charge in [0.15, 0.2) is 0 Å². The van der Waals surface area contributed by atoms with Crippen molar-refractivity contribution in [3.8, 4) is 0 Å². The first-order valence-electron chi connectivity index (χ1n) is 7.16. The van der Waals surface area contributed by atoms with Gasteiger partial charge in [0.1, 0.15) is 0 Å². The predicted molar refractivity (Wildman–Crippen MR) is 81.4 cm³/mol. The minimum atomic E-state index is 0.739. The van der Waals surface area contributed by atoms with Crippen LogP contribution in [-0.2, 0) is 0 Å². The third-order valence-corrected chi connectivity index (χ3v) is 3.17. The van der Waals surface area contributed by atoms with Crippen molar-refractivity contribution in [3.05, 3.63) is 29.8 Å². The van der Waals surface area contributed by atoms with Crippen LogP contribution in [0.15, 0.2) is 24.3 Å². The first-order valence-corrected chi connectivity index (χ1v) is 7.16. The number of hydrogen-bond acceptors (Lipinski definition) is 2. The maximum absolute atomic E-state index is 3.50. The van der Waals surface area contributed by atoms with E-state index in [1.165, 1.54) is 17.7 Å². The highest BCUT2D eigenvalue weighted by Crippen LogP contribution is 2.18. The number of nitrogens with zero attached hydrogens (tertiary/aromatic N) is 1. The molecule has 2 nitrogen and oxygen atoms in total. The zero-order valence-electron chi connectivity index (χ0n) is 12.4. The van der Waals surface area contributed by atoms with E-state index in [2.05, 4.69) is 62.2 Å². The van der Waals surface area contributed by atoms with Crippen LogP contribution in [0.1, 0.15) is 32.8 Å². The quantitative estimate of drug-likeness (QED) is 0.709. The number of para-hydroxylation sites is 1. The fourth-order valence-corrected chi connectivity index (χ4v) is 2.15. The molecule has 0 saturated carbocycles. The van der Waals surface area contributed by atoms with Gasteiger partial charge in [-0.05, 0) is 50.9 Å². The van der Waals surface area contributed by atoms with Crippen molar-refractivity contribution in [1.82, 2.24) is 5.32 Å². The number of anilines is 1. The van der Waals surface area contributed by atoms with E-state index in [4.69, 9.17) is 0 Å². The zero-order valence-corrected chi connectivity index (χ0v) is 12.4. The highest BCUT2D eigenvalue weighted by Gasteiger charge is 2.05. The first-order chi connectivity index (χ1) is 8.65. The average molecular weight is 248 g/mol. The van der Waals surface area contributed by atoms with E-state index < -0.39 is 0 Å². The first kappa shape index (κ1) is 15.0. The van der Waals surface area contributed by atoms with Crippen LogP contribution in [0.25, 0.3) is 0 Å². The summed E-state index contributed by atoms with van der Waals surface area (Å²) >= 11 is 0. The number of hydrogen-bond donors (Lipinski definition) is 1. The predicted octanol–water partition coefficient (Wildman–Crippen LogP) is 3.46. The molecule has 0 fully saturated rings. The lowest BCUT2D eigenvalue weighted by molar-refractivity contribution is 0.541. The van der Waals surface area contributed by atoms with Gasteiger partial charge in [-0.15, -0.1) is 0 Å². The largest absolute Gasteiger partial charge is 0.372 e. The molecular weight excluding hydrogens is 220 g/mol. The number of benzene rings is 1. The number of nitrogens with one attached hydrogen (secondary N) is 1. The van der Waals surface area contributed by atoms with Crippen LogP contribution >= 0.6 is 0 Å². The van der Waals surface area contributed by atoms with Gasteiger partial charge in [0.2, 0.25) is 0 Å². The summed E-state index contributed by atoms with van der Waals surface area (Å²) in [5.41, 5.74) is 2.75. The molecule has 1 aromatic carbocycles. The lowest BCUT2D eigenvalue weighted by Gasteiger charge is -2.25. The highest BCUT2D eigenvalue weighted by atomic mass is 15.1. The van der Waals surface area contributed by atoms with Crippen molar-refractivity contribution in [1.29, 1.82) is 0 Å². The van der Waals surface area contributed by atoms with Gasteiger partial charge < -0.3 is 10.2 Å². The Kier molecular flexibility index (Phi) is 6.81. The van der Waals surface area contributed by atoms with E-state index >= 15 is 0 Å². The molecule has 1 rings (SSSR count). The lowest BCUT2D eigenvalue weighted by Crippen LogP contribution is -2.28. The van der Waals surface area contributed by atoms with Gasteiger partial charge in [-0.25, -0.2) is 0 Å². The zero-order chi connectivity index (χ0) is 13.4. The van der Waals surface area contributed by atoms with Crippen LogP contribution in [0.3, 0.4) is 0 Å². The van der Waals surface area contributed by atoms with Crippen molar-refractivity contribution in [2.24, 2.45) is 5.92 Å². The molecule has 0 amide bonds. The van der Waals surface area contributed by atoms with Crippen molar-refractivity contribution in [2.75, 3.05) is 31.1 Å². The van der Waals surface area contributed by atoms with Gasteiger partial charge in [-0.1, -0.05) is 32.0 Å². The topological polar surface area (TPSA) is 15.3 Å². The summed E-state index contributed by atoms with van der Waals surface area (Å²) in [6, 6.07) is 8.65. The monoisotopic (exact) mass is 248 g/mol. The highest BCUT2D eigenvalue weighted by molar-refractivity contribution is 5.52. The van der Waals surface area contributed by atoms with E-state index in [1.807, 2.05) is 0 Å². The number of rotatable bonds is 8. The third-order valence-electron chi connectivity index (χ3n) is 3.17.